The van der Waals surface area contributed by atoms with Crippen molar-refractivity contribution < 1.29 is 4.79 Å². The predicted octanol–water partition coefficient (Wildman–Crippen LogP) is 4.72. The summed E-state index contributed by atoms with van der Waals surface area (Å²) in [5.41, 5.74) is 5.52. The van der Waals surface area contributed by atoms with Crippen LogP contribution >= 0.6 is 11.8 Å². The summed E-state index contributed by atoms with van der Waals surface area (Å²) >= 11 is 1.34. The van der Waals surface area contributed by atoms with E-state index >= 15 is 0 Å². The Morgan fingerprint density at radius 2 is 1.69 bits per heavy atom. The molecule has 0 spiro atoms. The highest BCUT2D eigenvalue weighted by molar-refractivity contribution is 7.99. The lowest BCUT2D eigenvalue weighted by Crippen LogP contribution is -2.37. The average Bonchev–Trinajstić information content (AvgIpc) is 3.44. The fraction of sp³-hybridized carbons (Fsp3) is 0.214. The van der Waals surface area contributed by atoms with E-state index in [1.165, 1.54) is 17.3 Å². The topological polar surface area (TPSA) is 72.5 Å². The van der Waals surface area contributed by atoms with E-state index in [0.29, 0.717) is 16.3 Å². The van der Waals surface area contributed by atoms with Gasteiger partial charge in [0.05, 0.1) is 22.3 Å². The van der Waals surface area contributed by atoms with Crippen LogP contribution in [0.15, 0.2) is 76.7 Å². The lowest BCUT2D eigenvalue weighted by molar-refractivity contribution is -0.116. The maximum atomic E-state index is 13.7. The molecule has 0 unspecified atom stereocenters. The van der Waals surface area contributed by atoms with Gasteiger partial charge < -0.3 is 4.90 Å². The number of amides is 1. The normalized spacial score (nSPS) is 15.1. The summed E-state index contributed by atoms with van der Waals surface area (Å²) in [5, 5.41) is 10.0. The molecule has 1 aliphatic rings. The molecular weight excluding hydrogens is 470 g/mol. The van der Waals surface area contributed by atoms with Crippen LogP contribution in [0, 0.1) is 13.8 Å². The summed E-state index contributed by atoms with van der Waals surface area (Å²) < 4.78 is 3.53. The fourth-order valence-electron chi connectivity index (χ4n) is 5.27. The van der Waals surface area contributed by atoms with Crippen molar-refractivity contribution in [1.82, 2.24) is 19.2 Å². The Kier molecular flexibility index (Phi) is 5.41. The largest absolute Gasteiger partial charge is 0.308 e. The van der Waals surface area contributed by atoms with E-state index in [9.17, 15) is 9.59 Å². The summed E-state index contributed by atoms with van der Waals surface area (Å²) in [5.74, 6) is 0.684. The molecule has 0 saturated carbocycles. The number of nitrogens with zero attached hydrogens (tertiary/aromatic N) is 5. The molecule has 5 aromatic rings. The van der Waals surface area contributed by atoms with Crippen LogP contribution in [0.5, 0.6) is 0 Å². The highest BCUT2D eigenvalue weighted by Crippen LogP contribution is 2.33. The van der Waals surface area contributed by atoms with Gasteiger partial charge in [-0.1, -0.05) is 60.3 Å². The minimum absolute atomic E-state index is 0.0292. The highest BCUT2D eigenvalue weighted by Gasteiger charge is 2.31. The van der Waals surface area contributed by atoms with Gasteiger partial charge in [0.2, 0.25) is 11.7 Å². The Hall–Kier alpha value is -3.91. The molecule has 1 aliphatic heterocycles. The zero-order valence-electron chi connectivity index (χ0n) is 20.3. The average molecular weight is 496 g/mol. The maximum Gasteiger partial charge on any atom is 0.267 e. The van der Waals surface area contributed by atoms with Gasteiger partial charge in [-0.05, 0) is 62.1 Å². The van der Waals surface area contributed by atoms with E-state index in [0.717, 1.165) is 34.4 Å². The van der Waals surface area contributed by atoms with E-state index in [-0.39, 0.29) is 23.3 Å². The molecule has 3 heterocycles. The molecular formula is C28H25N5O2S. The third-order valence-electron chi connectivity index (χ3n) is 6.86. The number of thioether (sulfide) groups is 1. The molecule has 1 amide bonds. The number of carbonyl (C=O) groups is 1. The van der Waals surface area contributed by atoms with E-state index in [1.54, 1.807) is 4.57 Å². The van der Waals surface area contributed by atoms with E-state index in [2.05, 4.69) is 23.2 Å². The van der Waals surface area contributed by atoms with Crippen LogP contribution in [0.4, 0.5) is 5.69 Å². The molecule has 0 saturated heterocycles. The Morgan fingerprint density at radius 3 is 2.50 bits per heavy atom. The number of rotatable bonds is 4. The lowest BCUT2D eigenvalue weighted by Gasteiger charge is -2.22. The molecule has 7 nitrogen and oxygen atoms in total. The first kappa shape index (κ1) is 22.5. The lowest BCUT2D eigenvalue weighted by atomic mass is 10.1. The van der Waals surface area contributed by atoms with Crippen molar-refractivity contribution in [2.75, 3.05) is 10.7 Å². The molecule has 180 valence electrons. The molecule has 1 atom stereocenters. The Bertz CT molecular complexity index is 1700. The van der Waals surface area contributed by atoms with Crippen LogP contribution in [0.25, 0.3) is 22.4 Å². The third kappa shape index (κ3) is 3.44. The number of carbonyl (C=O) groups excluding carboxylic acids is 1. The monoisotopic (exact) mass is 495 g/mol. The van der Waals surface area contributed by atoms with Crippen molar-refractivity contribution in [3.05, 3.63) is 93.8 Å². The van der Waals surface area contributed by atoms with E-state index in [4.69, 9.17) is 0 Å². The van der Waals surface area contributed by atoms with Crippen molar-refractivity contribution in [3.63, 3.8) is 0 Å². The fourth-order valence-corrected chi connectivity index (χ4v) is 6.07. The number of anilines is 1. The molecule has 6 rings (SSSR count). The molecule has 0 radical (unpaired) electrons. The van der Waals surface area contributed by atoms with E-state index < -0.39 is 0 Å². The van der Waals surface area contributed by atoms with Gasteiger partial charge in [-0.25, -0.2) is 4.57 Å². The minimum atomic E-state index is -0.141. The zero-order chi connectivity index (χ0) is 25.0. The van der Waals surface area contributed by atoms with E-state index in [1.807, 2.05) is 83.8 Å². The number of hydrogen-bond donors (Lipinski definition) is 0. The van der Waals surface area contributed by atoms with Gasteiger partial charge in [-0.15, -0.1) is 10.2 Å². The highest BCUT2D eigenvalue weighted by atomic mass is 32.2. The van der Waals surface area contributed by atoms with Crippen LogP contribution in [-0.2, 0) is 11.2 Å². The summed E-state index contributed by atoms with van der Waals surface area (Å²) in [6.07, 6.45) is 0.854. The summed E-state index contributed by atoms with van der Waals surface area (Å²) in [4.78, 5) is 28.9. The Balaban J connectivity index is 1.45. The van der Waals surface area contributed by atoms with Crippen molar-refractivity contribution in [3.8, 4) is 5.69 Å². The smallest absolute Gasteiger partial charge is 0.267 e. The molecule has 0 bridgehead atoms. The first-order chi connectivity index (χ1) is 17.5. The zero-order valence-corrected chi connectivity index (χ0v) is 21.1. The summed E-state index contributed by atoms with van der Waals surface area (Å²) in [6, 6.07) is 21.6. The molecule has 0 fully saturated rings. The molecule has 36 heavy (non-hydrogen) atoms. The van der Waals surface area contributed by atoms with Gasteiger partial charge in [0, 0.05) is 11.7 Å². The van der Waals surface area contributed by atoms with Crippen molar-refractivity contribution in [2.24, 2.45) is 0 Å². The van der Waals surface area contributed by atoms with Crippen LogP contribution in [0.1, 0.15) is 23.6 Å². The summed E-state index contributed by atoms with van der Waals surface area (Å²) in [7, 11) is 0. The predicted molar refractivity (Wildman–Crippen MR) is 143 cm³/mol. The first-order valence-electron chi connectivity index (χ1n) is 11.9. The Morgan fingerprint density at radius 1 is 0.972 bits per heavy atom. The van der Waals surface area contributed by atoms with Gasteiger partial charge in [-0.3, -0.25) is 14.0 Å². The number of aryl methyl sites for hydroxylation is 2. The second kappa shape index (κ2) is 8.64. The van der Waals surface area contributed by atoms with Crippen LogP contribution in [-0.4, -0.2) is 36.9 Å². The van der Waals surface area contributed by atoms with Gasteiger partial charge in [0.25, 0.3) is 5.56 Å². The number of hydrogen-bond acceptors (Lipinski definition) is 5. The number of para-hydroxylation sites is 3. The molecule has 8 heteroatoms. The van der Waals surface area contributed by atoms with Crippen LogP contribution in [0.2, 0.25) is 0 Å². The number of aromatic nitrogens is 4. The SMILES string of the molecule is Cc1cccc(C)c1-n1c(=O)c2ccccc2n2c(SCC(=O)N3c4ccccc4C[C@H]3C)nnc12. The van der Waals surface area contributed by atoms with Gasteiger partial charge in [0.1, 0.15) is 0 Å². The second-order valence-corrected chi connectivity index (χ2v) is 10.2. The maximum absolute atomic E-state index is 13.7. The van der Waals surface area contributed by atoms with Crippen molar-refractivity contribution in [1.29, 1.82) is 0 Å². The molecule has 2 aromatic heterocycles. The molecule has 3 aromatic carbocycles. The molecule has 0 aliphatic carbocycles. The summed E-state index contributed by atoms with van der Waals surface area (Å²) in [6.45, 7) is 6.05. The van der Waals surface area contributed by atoms with Gasteiger partial charge in [0.15, 0.2) is 5.16 Å². The standard InChI is InChI=1S/C28H25N5O2S/c1-17-9-8-10-18(2)25(17)33-26(35)21-12-5-7-14-23(21)32-27(33)29-30-28(32)36-16-24(34)31-19(3)15-20-11-4-6-13-22(20)31/h4-14,19H,15-16H2,1-3H3/t19-/m1/s1. The van der Waals surface area contributed by atoms with Crippen molar-refractivity contribution >= 4 is 40.0 Å². The first-order valence-corrected chi connectivity index (χ1v) is 12.9. The van der Waals surface area contributed by atoms with Crippen molar-refractivity contribution in [2.45, 2.75) is 38.4 Å². The van der Waals surface area contributed by atoms with Gasteiger partial charge in [-0.2, -0.15) is 0 Å². The van der Waals surface area contributed by atoms with Crippen LogP contribution < -0.4 is 10.5 Å². The Labute approximate surface area is 212 Å². The number of fused-ring (bicyclic) bond motifs is 4. The van der Waals surface area contributed by atoms with Crippen LogP contribution in [0.3, 0.4) is 0 Å². The quantitative estimate of drug-likeness (QED) is 0.338. The molecule has 0 N–H and O–H groups in total. The second-order valence-electron chi connectivity index (χ2n) is 9.25. The number of benzene rings is 3. The van der Waals surface area contributed by atoms with Gasteiger partial charge >= 0.3 is 0 Å². The minimum Gasteiger partial charge on any atom is -0.308 e. The third-order valence-corrected chi connectivity index (χ3v) is 7.77.